The lowest BCUT2D eigenvalue weighted by Crippen LogP contribution is -2.16. The fourth-order valence-corrected chi connectivity index (χ4v) is 8.00. The van der Waals surface area contributed by atoms with E-state index in [1.165, 1.54) is 66.4 Å². The van der Waals surface area contributed by atoms with Gasteiger partial charge < -0.3 is 4.90 Å². The molecule has 0 aromatic heterocycles. The summed E-state index contributed by atoms with van der Waals surface area (Å²) < 4.78 is 0. The highest BCUT2D eigenvalue weighted by Gasteiger charge is 2.37. The number of hydrogen-bond donors (Lipinski definition) is 0. The smallest absolute Gasteiger partial charge is 0.0540 e. The summed E-state index contributed by atoms with van der Waals surface area (Å²) in [6.07, 6.45) is 0. The summed E-state index contributed by atoms with van der Waals surface area (Å²) in [4.78, 5) is 2.39. The van der Waals surface area contributed by atoms with Crippen LogP contribution in [0, 0.1) is 0 Å². The van der Waals surface area contributed by atoms with Crippen molar-refractivity contribution in [2.45, 2.75) is 19.3 Å². The van der Waals surface area contributed by atoms with Gasteiger partial charge in [0.25, 0.3) is 0 Å². The fraction of sp³-hybridized carbons (Fsp3) is 0.0612. The van der Waals surface area contributed by atoms with Gasteiger partial charge in [-0.1, -0.05) is 159 Å². The van der Waals surface area contributed by atoms with Gasteiger partial charge in [-0.15, -0.1) is 0 Å². The monoisotopic (exact) mass is 639 g/mol. The number of anilines is 3. The molecule has 8 aromatic rings. The molecule has 0 fully saturated rings. The molecule has 1 heteroatoms. The Bertz CT molecular complexity index is 2470. The number of benzene rings is 8. The van der Waals surface area contributed by atoms with Crippen LogP contribution in [0.2, 0.25) is 0 Å². The van der Waals surface area contributed by atoms with Gasteiger partial charge in [-0.3, -0.25) is 0 Å². The molecule has 1 aliphatic carbocycles. The second kappa shape index (κ2) is 12.1. The van der Waals surface area contributed by atoms with Crippen LogP contribution >= 0.6 is 0 Å². The van der Waals surface area contributed by atoms with Gasteiger partial charge in [-0.2, -0.15) is 0 Å². The Labute approximate surface area is 294 Å². The fourth-order valence-electron chi connectivity index (χ4n) is 8.00. The zero-order valence-electron chi connectivity index (χ0n) is 28.3. The third kappa shape index (κ3) is 5.02. The van der Waals surface area contributed by atoms with Gasteiger partial charge in [-0.05, 0) is 103 Å². The summed E-state index contributed by atoms with van der Waals surface area (Å²) in [6, 6.07) is 68.5. The van der Waals surface area contributed by atoms with E-state index in [4.69, 9.17) is 0 Å². The number of hydrogen-bond acceptors (Lipinski definition) is 1. The predicted octanol–water partition coefficient (Wildman–Crippen LogP) is 13.6. The van der Waals surface area contributed by atoms with E-state index in [1.54, 1.807) is 0 Å². The highest BCUT2D eigenvalue weighted by atomic mass is 15.1. The first kappa shape index (κ1) is 29.9. The van der Waals surface area contributed by atoms with Crippen LogP contribution in [0.25, 0.3) is 55.3 Å². The van der Waals surface area contributed by atoms with Gasteiger partial charge in [-0.25, -0.2) is 0 Å². The van der Waals surface area contributed by atoms with Crippen molar-refractivity contribution in [3.63, 3.8) is 0 Å². The lowest BCUT2D eigenvalue weighted by molar-refractivity contribution is 0.662. The van der Waals surface area contributed by atoms with Crippen molar-refractivity contribution in [3.05, 3.63) is 199 Å². The molecule has 0 heterocycles. The van der Waals surface area contributed by atoms with Crippen molar-refractivity contribution >= 4 is 27.8 Å². The van der Waals surface area contributed by atoms with Crippen molar-refractivity contribution in [2.75, 3.05) is 4.90 Å². The molecule has 8 aromatic carbocycles. The Balaban J connectivity index is 1.18. The Hall–Kier alpha value is -6.18. The van der Waals surface area contributed by atoms with Crippen molar-refractivity contribution in [3.8, 4) is 44.5 Å². The highest BCUT2D eigenvalue weighted by Crippen LogP contribution is 2.53. The van der Waals surface area contributed by atoms with Crippen molar-refractivity contribution in [1.29, 1.82) is 0 Å². The number of fused-ring (bicyclic) bond motifs is 4. The Morgan fingerprint density at radius 1 is 0.380 bits per heavy atom. The molecule has 0 aliphatic heterocycles. The first-order chi connectivity index (χ1) is 24.6. The summed E-state index contributed by atoms with van der Waals surface area (Å²) >= 11 is 0. The molecule has 50 heavy (non-hydrogen) atoms. The molecule has 9 rings (SSSR count). The summed E-state index contributed by atoms with van der Waals surface area (Å²) in [5.74, 6) is 0. The molecule has 0 radical (unpaired) electrons. The van der Waals surface area contributed by atoms with Crippen LogP contribution in [0.3, 0.4) is 0 Å². The third-order valence-corrected chi connectivity index (χ3v) is 10.4. The largest absolute Gasteiger partial charge is 0.310 e. The van der Waals surface area contributed by atoms with E-state index in [-0.39, 0.29) is 5.41 Å². The maximum Gasteiger partial charge on any atom is 0.0540 e. The molecule has 0 bridgehead atoms. The first-order valence-corrected chi connectivity index (χ1v) is 17.4. The Morgan fingerprint density at radius 2 is 0.900 bits per heavy atom. The van der Waals surface area contributed by atoms with E-state index in [0.717, 1.165) is 17.1 Å². The molecule has 0 atom stereocenters. The quantitative estimate of drug-likeness (QED) is 0.175. The normalized spacial score (nSPS) is 12.8. The van der Waals surface area contributed by atoms with Gasteiger partial charge in [0, 0.05) is 22.2 Å². The summed E-state index contributed by atoms with van der Waals surface area (Å²) in [7, 11) is 0. The SMILES string of the molecule is CC1(C)c2ccccc2-c2cc(-c3ccc(N(c4ccc(-c5ccccc5)cc4)c4cccc5ccccc45)cc3)cc(-c3ccccc3)c21. The van der Waals surface area contributed by atoms with E-state index in [1.807, 2.05) is 0 Å². The average molecular weight is 640 g/mol. The maximum absolute atomic E-state index is 2.41. The average Bonchev–Trinajstić information content (AvgIpc) is 3.42. The van der Waals surface area contributed by atoms with Gasteiger partial charge in [0.1, 0.15) is 0 Å². The second-order valence-corrected chi connectivity index (χ2v) is 13.8. The zero-order chi connectivity index (χ0) is 33.7. The van der Waals surface area contributed by atoms with Crippen LogP contribution in [0.1, 0.15) is 25.0 Å². The predicted molar refractivity (Wildman–Crippen MR) is 213 cm³/mol. The van der Waals surface area contributed by atoms with Crippen molar-refractivity contribution in [1.82, 2.24) is 0 Å². The van der Waals surface area contributed by atoms with Gasteiger partial charge >= 0.3 is 0 Å². The molecular weight excluding hydrogens is 603 g/mol. The lowest BCUT2D eigenvalue weighted by atomic mass is 9.78. The number of rotatable bonds is 6. The molecule has 0 N–H and O–H groups in total. The van der Waals surface area contributed by atoms with Crippen LogP contribution in [-0.2, 0) is 5.41 Å². The van der Waals surface area contributed by atoms with E-state index < -0.39 is 0 Å². The summed E-state index contributed by atoms with van der Waals surface area (Å²) in [6.45, 7) is 4.74. The van der Waals surface area contributed by atoms with E-state index in [2.05, 4.69) is 207 Å². The van der Waals surface area contributed by atoms with Crippen LogP contribution in [0.4, 0.5) is 17.1 Å². The third-order valence-electron chi connectivity index (χ3n) is 10.4. The van der Waals surface area contributed by atoms with Crippen molar-refractivity contribution in [2.24, 2.45) is 0 Å². The van der Waals surface area contributed by atoms with Crippen molar-refractivity contribution < 1.29 is 0 Å². The molecule has 0 spiro atoms. The minimum absolute atomic E-state index is 0.0888. The minimum Gasteiger partial charge on any atom is -0.310 e. The van der Waals surface area contributed by atoms with Gasteiger partial charge in [0.2, 0.25) is 0 Å². The van der Waals surface area contributed by atoms with E-state index in [0.29, 0.717) is 0 Å². The molecule has 1 nitrogen and oxygen atoms in total. The Morgan fingerprint density at radius 3 is 1.60 bits per heavy atom. The van der Waals surface area contributed by atoms with E-state index in [9.17, 15) is 0 Å². The van der Waals surface area contributed by atoms with Crippen LogP contribution < -0.4 is 4.90 Å². The summed E-state index contributed by atoms with van der Waals surface area (Å²) in [5, 5.41) is 2.45. The standard InChI is InChI=1S/C49H37N/c1-49(2)46-22-12-11-21-43(46)45-33-39(32-44(48(45)49)38-16-7-4-8-17-38)36-26-30-41(31-27-36)50(47-23-13-19-37-18-9-10-20-42(37)47)40-28-24-35(25-29-40)34-14-5-3-6-15-34/h3-33H,1-2H3. The molecule has 0 amide bonds. The molecule has 238 valence electrons. The molecule has 0 saturated carbocycles. The topological polar surface area (TPSA) is 3.24 Å². The summed E-state index contributed by atoms with van der Waals surface area (Å²) in [5.41, 5.74) is 16.2. The second-order valence-electron chi connectivity index (χ2n) is 13.8. The molecule has 1 aliphatic rings. The van der Waals surface area contributed by atoms with E-state index >= 15 is 0 Å². The van der Waals surface area contributed by atoms with Crippen LogP contribution in [0.15, 0.2) is 188 Å². The zero-order valence-corrected chi connectivity index (χ0v) is 28.3. The molecule has 0 unspecified atom stereocenters. The van der Waals surface area contributed by atoms with Gasteiger partial charge in [0.05, 0.1) is 5.69 Å². The molecular formula is C49H37N. The number of nitrogens with zero attached hydrogens (tertiary/aromatic N) is 1. The van der Waals surface area contributed by atoms with Crippen LogP contribution in [-0.4, -0.2) is 0 Å². The molecule has 0 saturated heterocycles. The minimum atomic E-state index is -0.0888. The maximum atomic E-state index is 2.41. The highest BCUT2D eigenvalue weighted by molar-refractivity contribution is 5.99. The Kier molecular flexibility index (Phi) is 7.21. The van der Waals surface area contributed by atoms with Gasteiger partial charge in [0.15, 0.2) is 0 Å². The lowest BCUT2D eigenvalue weighted by Gasteiger charge is -2.27. The van der Waals surface area contributed by atoms with Crippen LogP contribution in [0.5, 0.6) is 0 Å². The first-order valence-electron chi connectivity index (χ1n) is 17.4.